The summed E-state index contributed by atoms with van der Waals surface area (Å²) in [6, 6.07) is 10.4. The van der Waals surface area contributed by atoms with Gasteiger partial charge in [0.25, 0.3) is 0 Å². The molecule has 0 spiro atoms. The summed E-state index contributed by atoms with van der Waals surface area (Å²) in [5.74, 6) is 1.70. The van der Waals surface area contributed by atoms with Crippen molar-refractivity contribution in [3.63, 3.8) is 0 Å². The zero-order chi connectivity index (χ0) is 20.9. The number of aromatic nitrogens is 1. The zero-order valence-electron chi connectivity index (χ0n) is 18.5. The van der Waals surface area contributed by atoms with Gasteiger partial charge in [0.2, 0.25) is 0 Å². The van der Waals surface area contributed by atoms with Crippen LogP contribution in [0.2, 0.25) is 0 Å². The van der Waals surface area contributed by atoms with Crippen molar-refractivity contribution >= 4 is 29.9 Å². The van der Waals surface area contributed by atoms with Gasteiger partial charge in [0, 0.05) is 50.7 Å². The molecule has 0 saturated carbocycles. The molecule has 2 rings (SSSR count). The highest BCUT2D eigenvalue weighted by Crippen LogP contribution is 2.21. The first-order chi connectivity index (χ1) is 14.1. The molecule has 0 radical (unpaired) electrons. The van der Waals surface area contributed by atoms with Crippen molar-refractivity contribution in [1.82, 2.24) is 15.6 Å². The molecule has 6 nitrogen and oxygen atoms in total. The van der Waals surface area contributed by atoms with Gasteiger partial charge in [-0.2, -0.15) is 0 Å². The van der Waals surface area contributed by atoms with Crippen LogP contribution in [0.25, 0.3) is 0 Å². The van der Waals surface area contributed by atoms with Crippen molar-refractivity contribution in [3.05, 3.63) is 58.9 Å². The molecule has 0 unspecified atom stereocenters. The van der Waals surface area contributed by atoms with Crippen LogP contribution in [0.5, 0.6) is 5.75 Å². The van der Waals surface area contributed by atoms with Crippen LogP contribution in [0.4, 0.5) is 0 Å². The molecule has 1 aromatic carbocycles. The summed E-state index contributed by atoms with van der Waals surface area (Å²) >= 11 is 0. The maximum absolute atomic E-state index is 5.96. The third-order valence-electron chi connectivity index (χ3n) is 4.40. The van der Waals surface area contributed by atoms with Crippen molar-refractivity contribution in [2.75, 3.05) is 33.4 Å². The summed E-state index contributed by atoms with van der Waals surface area (Å²) in [5.41, 5.74) is 4.50. The number of nitrogens with zero attached hydrogens (tertiary/aromatic N) is 2. The second kappa shape index (κ2) is 15.0. The average Bonchev–Trinajstić information content (AvgIpc) is 2.72. The number of nitrogens with one attached hydrogen (secondary N) is 2. The summed E-state index contributed by atoms with van der Waals surface area (Å²) < 4.78 is 11.1. The number of methoxy groups -OCH3 is 1. The van der Waals surface area contributed by atoms with Crippen LogP contribution in [0.15, 0.2) is 41.5 Å². The molecule has 0 fully saturated rings. The Hall–Kier alpha value is -1.87. The Morgan fingerprint density at radius 1 is 1.10 bits per heavy atom. The first-order valence-corrected chi connectivity index (χ1v) is 10.3. The van der Waals surface area contributed by atoms with E-state index < -0.39 is 0 Å². The van der Waals surface area contributed by atoms with Gasteiger partial charge in [-0.3, -0.25) is 4.98 Å². The summed E-state index contributed by atoms with van der Waals surface area (Å²) in [6.45, 7) is 9.63. The van der Waals surface area contributed by atoms with E-state index in [2.05, 4.69) is 53.7 Å². The number of halogens is 1. The molecule has 2 N–H and O–H groups in total. The Bertz CT molecular complexity index is 766. The predicted octanol–water partition coefficient (Wildman–Crippen LogP) is 4.03. The molecular weight excluding hydrogens is 491 g/mol. The fourth-order valence-corrected chi connectivity index (χ4v) is 2.79. The molecule has 0 aliphatic carbocycles. The monoisotopic (exact) mass is 526 g/mol. The van der Waals surface area contributed by atoms with Crippen LogP contribution in [0.1, 0.15) is 35.7 Å². The summed E-state index contributed by atoms with van der Waals surface area (Å²) in [5, 5.41) is 6.70. The molecule has 1 heterocycles. The lowest BCUT2D eigenvalue weighted by Gasteiger charge is -2.14. The van der Waals surface area contributed by atoms with Gasteiger partial charge in [-0.05, 0) is 50.5 Å². The highest BCUT2D eigenvalue weighted by atomic mass is 127. The minimum atomic E-state index is 0. The fraction of sp³-hybridized carbons (Fsp3) is 0.478. The molecule has 0 amide bonds. The van der Waals surface area contributed by atoms with E-state index >= 15 is 0 Å². The van der Waals surface area contributed by atoms with E-state index in [4.69, 9.17) is 14.5 Å². The van der Waals surface area contributed by atoms with Gasteiger partial charge < -0.3 is 20.1 Å². The first-order valence-electron chi connectivity index (χ1n) is 10.3. The fourth-order valence-electron chi connectivity index (χ4n) is 2.79. The summed E-state index contributed by atoms with van der Waals surface area (Å²) in [6.07, 6.45) is 3.70. The highest BCUT2D eigenvalue weighted by Gasteiger charge is 2.05. The van der Waals surface area contributed by atoms with Crippen LogP contribution in [-0.2, 0) is 17.7 Å². The normalized spacial score (nSPS) is 11.0. The summed E-state index contributed by atoms with van der Waals surface area (Å²) in [7, 11) is 1.71. The topological polar surface area (TPSA) is 67.8 Å². The molecule has 0 bridgehead atoms. The minimum Gasteiger partial charge on any atom is -0.493 e. The Morgan fingerprint density at radius 2 is 1.93 bits per heavy atom. The Balaban J connectivity index is 0.00000450. The number of ether oxygens (including phenoxy) is 2. The highest BCUT2D eigenvalue weighted by molar-refractivity contribution is 14.0. The standard InChI is InChI=1S/C23H34N4O2.HI/c1-5-24-23(25-12-11-20-9-8-19(3)26-16-20)27-17-21-10-7-18(2)15-22(21)29-14-6-13-28-4;/h7-10,15-16H,5-6,11-14,17H2,1-4H3,(H2,24,25,27);1H. The maximum atomic E-state index is 5.96. The van der Waals surface area contributed by atoms with Crippen molar-refractivity contribution < 1.29 is 9.47 Å². The van der Waals surface area contributed by atoms with Crippen LogP contribution in [0, 0.1) is 13.8 Å². The number of benzene rings is 1. The number of aryl methyl sites for hydroxylation is 2. The maximum Gasteiger partial charge on any atom is 0.191 e. The minimum absolute atomic E-state index is 0. The van der Waals surface area contributed by atoms with Gasteiger partial charge in [-0.15, -0.1) is 24.0 Å². The number of rotatable bonds is 11. The number of aliphatic imine (C=N–C) groups is 1. The van der Waals surface area contributed by atoms with Gasteiger partial charge in [-0.25, -0.2) is 4.99 Å². The summed E-state index contributed by atoms with van der Waals surface area (Å²) in [4.78, 5) is 9.08. The van der Waals surface area contributed by atoms with Crippen molar-refractivity contribution in [2.24, 2.45) is 4.99 Å². The second-order valence-electron chi connectivity index (χ2n) is 6.99. The van der Waals surface area contributed by atoms with Crippen LogP contribution < -0.4 is 15.4 Å². The van der Waals surface area contributed by atoms with E-state index in [1.54, 1.807) is 7.11 Å². The van der Waals surface area contributed by atoms with E-state index in [-0.39, 0.29) is 24.0 Å². The number of guanidine groups is 1. The van der Waals surface area contributed by atoms with Crippen LogP contribution in [0.3, 0.4) is 0 Å². The van der Waals surface area contributed by atoms with Crippen molar-refractivity contribution in [3.8, 4) is 5.75 Å². The largest absolute Gasteiger partial charge is 0.493 e. The molecule has 0 atom stereocenters. The molecule has 0 aliphatic heterocycles. The van der Waals surface area contributed by atoms with E-state index in [0.717, 1.165) is 48.9 Å². The lowest BCUT2D eigenvalue weighted by molar-refractivity contribution is 0.172. The van der Waals surface area contributed by atoms with E-state index in [0.29, 0.717) is 19.8 Å². The lowest BCUT2D eigenvalue weighted by atomic mass is 10.1. The molecule has 1 aromatic heterocycles. The molecule has 7 heteroatoms. The van der Waals surface area contributed by atoms with Gasteiger partial charge in [-0.1, -0.05) is 18.2 Å². The molecule has 166 valence electrons. The third kappa shape index (κ3) is 9.75. The Labute approximate surface area is 197 Å². The zero-order valence-corrected chi connectivity index (χ0v) is 20.9. The lowest BCUT2D eigenvalue weighted by Crippen LogP contribution is -2.38. The van der Waals surface area contributed by atoms with Gasteiger partial charge >= 0.3 is 0 Å². The molecule has 30 heavy (non-hydrogen) atoms. The SMILES string of the molecule is CCNC(=NCc1ccc(C)cc1OCCCOC)NCCc1ccc(C)nc1.I. The molecule has 0 saturated heterocycles. The number of hydrogen-bond donors (Lipinski definition) is 2. The quantitative estimate of drug-likeness (QED) is 0.200. The average molecular weight is 526 g/mol. The predicted molar refractivity (Wildman–Crippen MR) is 134 cm³/mol. The van der Waals surface area contributed by atoms with Gasteiger partial charge in [0.05, 0.1) is 13.2 Å². The van der Waals surface area contributed by atoms with Crippen LogP contribution >= 0.6 is 24.0 Å². The Kier molecular flexibility index (Phi) is 13.1. The number of hydrogen-bond acceptors (Lipinski definition) is 4. The molecular formula is C23H35IN4O2. The van der Waals surface area contributed by atoms with E-state index in [1.165, 1.54) is 11.1 Å². The van der Waals surface area contributed by atoms with Crippen LogP contribution in [-0.4, -0.2) is 44.4 Å². The van der Waals surface area contributed by atoms with Gasteiger partial charge in [0.1, 0.15) is 5.75 Å². The van der Waals surface area contributed by atoms with E-state index in [9.17, 15) is 0 Å². The molecule has 2 aromatic rings. The molecule has 0 aliphatic rings. The van der Waals surface area contributed by atoms with Gasteiger partial charge in [0.15, 0.2) is 5.96 Å². The van der Waals surface area contributed by atoms with E-state index in [1.807, 2.05) is 19.2 Å². The Morgan fingerprint density at radius 3 is 2.63 bits per heavy atom. The first kappa shape index (κ1) is 26.2. The smallest absolute Gasteiger partial charge is 0.191 e. The van der Waals surface area contributed by atoms with Crippen molar-refractivity contribution in [2.45, 2.75) is 40.2 Å². The van der Waals surface area contributed by atoms with Crippen molar-refractivity contribution in [1.29, 1.82) is 0 Å². The second-order valence-corrected chi connectivity index (χ2v) is 6.99. The number of pyridine rings is 1. The third-order valence-corrected chi connectivity index (χ3v) is 4.40.